The summed E-state index contributed by atoms with van der Waals surface area (Å²) in [5.41, 5.74) is 0. The van der Waals surface area contributed by atoms with E-state index in [1.54, 1.807) is 13.1 Å². The molecule has 1 aromatic heterocycles. The maximum atomic E-state index is 12.4. The summed E-state index contributed by atoms with van der Waals surface area (Å²) in [6, 6.07) is 1.29. The Balaban J connectivity index is 1.79. The third kappa shape index (κ3) is 7.68. The molecular weight excluding hydrogens is 384 g/mol. The second-order valence-electron chi connectivity index (χ2n) is 8.38. The van der Waals surface area contributed by atoms with Gasteiger partial charge < -0.3 is 25.6 Å². The van der Waals surface area contributed by atoms with Gasteiger partial charge in [0, 0.05) is 32.4 Å². The number of carbonyl (C=O) groups excluding carboxylic acids is 2. The standard InChI is InChI=1S/C21H36N6O3/c1-6-30-19(28)17(13-14(2)3)25-21(29)24-16-9-7-15(8-10-16)23-20-22-12-11-18(26-20)27(4)5/h11-12,14-17H,6-10,13H2,1-5H3,(H,22,23,26)(H2,24,25,29)/t15-,16+,17-/m0/s1. The first-order valence-corrected chi connectivity index (χ1v) is 10.8. The van der Waals surface area contributed by atoms with Gasteiger partial charge in [0.15, 0.2) is 0 Å². The highest BCUT2D eigenvalue weighted by Gasteiger charge is 2.26. The Bertz CT molecular complexity index is 689. The quantitative estimate of drug-likeness (QED) is 0.527. The highest BCUT2D eigenvalue weighted by molar-refractivity contribution is 5.83. The van der Waals surface area contributed by atoms with E-state index in [9.17, 15) is 9.59 Å². The van der Waals surface area contributed by atoms with Crippen LogP contribution in [-0.4, -0.2) is 60.8 Å². The Hall–Kier alpha value is -2.58. The van der Waals surface area contributed by atoms with Crippen molar-refractivity contribution in [3.63, 3.8) is 0 Å². The van der Waals surface area contributed by atoms with E-state index in [-0.39, 0.29) is 30.0 Å². The molecule has 1 saturated carbocycles. The second kappa shape index (κ2) is 11.6. The van der Waals surface area contributed by atoms with Crippen molar-refractivity contribution in [3.8, 4) is 0 Å². The molecule has 2 rings (SSSR count). The lowest BCUT2D eigenvalue weighted by molar-refractivity contribution is -0.145. The van der Waals surface area contributed by atoms with E-state index in [0.29, 0.717) is 19.0 Å². The topological polar surface area (TPSA) is 108 Å². The Labute approximate surface area is 179 Å². The molecule has 1 atom stereocenters. The van der Waals surface area contributed by atoms with Crippen molar-refractivity contribution < 1.29 is 14.3 Å². The Morgan fingerprint density at radius 3 is 2.47 bits per heavy atom. The lowest BCUT2D eigenvalue weighted by atomic mass is 9.91. The zero-order chi connectivity index (χ0) is 22.1. The van der Waals surface area contributed by atoms with Crippen molar-refractivity contribution in [2.24, 2.45) is 5.92 Å². The van der Waals surface area contributed by atoms with Crippen molar-refractivity contribution in [2.75, 3.05) is 30.9 Å². The number of anilines is 2. The van der Waals surface area contributed by atoms with Gasteiger partial charge in [-0.15, -0.1) is 0 Å². The van der Waals surface area contributed by atoms with Crippen LogP contribution in [0.2, 0.25) is 0 Å². The van der Waals surface area contributed by atoms with Crippen LogP contribution in [0, 0.1) is 5.92 Å². The van der Waals surface area contributed by atoms with Crippen molar-refractivity contribution in [3.05, 3.63) is 12.3 Å². The number of amides is 2. The molecule has 9 heteroatoms. The fourth-order valence-electron chi connectivity index (χ4n) is 3.55. The highest BCUT2D eigenvalue weighted by Crippen LogP contribution is 2.21. The predicted molar refractivity (Wildman–Crippen MR) is 118 cm³/mol. The third-order valence-electron chi connectivity index (χ3n) is 5.08. The maximum Gasteiger partial charge on any atom is 0.328 e. The summed E-state index contributed by atoms with van der Waals surface area (Å²) in [4.78, 5) is 35.3. The van der Waals surface area contributed by atoms with Crippen molar-refractivity contribution in [1.82, 2.24) is 20.6 Å². The van der Waals surface area contributed by atoms with Crippen LogP contribution in [0.15, 0.2) is 12.3 Å². The molecule has 30 heavy (non-hydrogen) atoms. The summed E-state index contributed by atoms with van der Waals surface area (Å²) in [5, 5.41) is 9.18. The maximum absolute atomic E-state index is 12.4. The van der Waals surface area contributed by atoms with E-state index in [1.165, 1.54) is 0 Å². The first kappa shape index (κ1) is 23.7. The zero-order valence-corrected chi connectivity index (χ0v) is 18.8. The Kier molecular flexibility index (Phi) is 9.14. The van der Waals surface area contributed by atoms with Gasteiger partial charge in [-0.05, 0) is 51.0 Å². The molecule has 1 heterocycles. The lowest BCUT2D eigenvalue weighted by Gasteiger charge is -2.30. The van der Waals surface area contributed by atoms with Gasteiger partial charge >= 0.3 is 12.0 Å². The summed E-state index contributed by atoms with van der Waals surface area (Å²) in [5.74, 6) is 1.38. The Morgan fingerprint density at radius 1 is 1.20 bits per heavy atom. The molecule has 0 aliphatic heterocycles. The molecular formula is C21H36N6O3. The average molecular weight is 421 g/mol. The smallest absolute Gasteiger partial charge is 0.328 e. The van der Waals surface area contributed by atoms with Gasteiger partial charge in [0.05, 0.1) is 6.61 Å². The van der Waals surface area contributed by atoms with E-state index >= 15 is 0 Å². The molecule has 2 amide bonds. The van der Waals surface area contributed by atoms with Crippen LogP contribution in [0.1, 0.15) is 52.9 Å². The Morgan fingerprint density at radius 2 is 1.87 bits per heavy atom. The minimum absolute atomic E-state index is 0.0824. The van der Waals surface area contributed by atoms with Crippen LogP contribution in [0.3, 0.4) is 0 Å². The van der Waals surface area contributed by atoms with E-state index in [1.807, 2.05) is 38.9 Å². The molecule has 3 N–H and O–H groups in total. The number of aromatic nitrogens is 2. The monoisotopic (exact) mass is 420 g/mol. The van der Waals surface area contributed by atoms with Crippen LogP contribution in [0.25, 0.3) is 0 Å². The van der Waals surface area contributed by atoms with E-state index in [2.05, 4.69) is 25.9 Å². The van der Waals surface area contributed by atoms with Gasteiger partial charge in [-0.3, -0.25) is 0 Å². The molecule has 0 aromatic carbocycles. The van der Waals surface area contributed by atoms with Gasteiger partial charge in [-0.25, -0.2) is 14.6 Å². The summed E-state index contributed by atoms with van der Waals surface area (Å²) in [7, 11) is 3.89. The van der Waals surface area contributed by atoms with Crippen LogP contribution in [0.4, 0.5) is 16.6 Å². The fraction of sp³-hybridized carbons (Fsp3) is 0.714. The van der Waals surface area contributed by atoms with Crippen LogP contribution < -0.4 is 20.9 Å². The number of nitrogens with one attached hydrogen (secondary N) is 3. The lowest BCUT2D eigenvalue weighted by Crippen LogP contribution is -2.51. The van der Waals surface area contributed by atoms with Gasteiger partial charge in [-0.2, -0.15) is 4.98 Å². The number of hydrogen-bond donors (Lipinski definition) is 3. The van der Waals surface area contributed by atoms with Gasteiger partial charge in [-0.1, -0.05) is 13.8 Å². The molecule has 1 aromatic rings. The summed E-state index contributed by atoms with van der Waals surface area (Å²) >= 11 is 0. The van der Waals surface area contributed by atoms with Crippen molar-refractivity contribution in [1.29, 1.82) is 0 Å². The number of rotatable bonds is 9. The fourth-order valence-corrected chi connectivity index (χ4v) is 3.55. The molecule has 1 fully saturated rings. The number of urea groups is 1. The molecule has 0 unspecified atom stereocenters. The second-order valence-corrected chi connectivity index (χ2v) is 8.38. The van der Waals surface area contributed by atoms with Crippen molar-refractivity contribution >= 4 is 23.8 Å². The van der Waals surface area contributed by atoms with E-state index in [0.717, 1.165) is 31.5 Å². The SMILES string of the molecule is CCOC(=O)[C@H](CC(C)C)NC(=O)N[C@H]1CC[C@@H](Nc2nccc(N(C)C)n2)CC1. The van der Waals surface area contributed by atoms with Crippen LogP contribution in [0.5, 0.6) is 0 Å². The summed E-state index contributed by atoms with van der Waals surface area (Å²) < 4.78 is 5.08. The predicted octanol–water partition coefficient (Wildman–Crippen LogP) is 2.54. The first-order chi connectivity index (χ1) is 14.3. The average Bonchev–Trinajstić information content (AvgIpc) is 2.69. The molecule has 9 nitrogen and oxygen atoms in total. The molecule has 0 radical (unpaired) electrons. The van der Waals surface area contributed by atoms with Gasteiger partial charge in [0.2, 0.25) is 5.95 Å². The minimum Gasteiger partial charge on any atom is -0.464 e. The minimum atomic E-state index is -0.621. The van der Waals surface area contributed by atoms with Crippen LogP contribution >= 0.6 is 0 Å². The largest absolute Gasteiger partial charge is 0.464 e. The number of hydrogen-bond acceptors (Lipinski definition) is 7. The van der Waals surface area contributed by atoms with Crippen LogP contribution in [-0.2, 0) is 9.53 Å². The normalized spacial score (nSPS) is 19.7. The molecule has 0 spiro atoms. The number of nitrogens with zero attached hydrogens (tertiary/aromatic N) is 3. The summed E-state index contributed by atoms with van der Waals surface area (Å²) in [6.07, 6.45) is 5.83. The third-order valence-corrected chi connectivity index (χ3v) is 5.08. The van der Waals surface area contributed by atoms with E-state index in [4.69, 9.17) is 4.74 Å². The number of ether oxygens (including phenoxy) is 1. The molecule has 1 aliphatic carbocycles. The number of esters is 1. The number of carbonyl (C=O) groups is 2. The van der Waals surface area contributed by atoms with E-state index < -0.39 is 6.04 Å². The molecule has 1 aliphatic rings. The molecule has 0 bridgehead atoms. The van der Waals surface area contributed by atoms with Crippen molar-refractivity contribution in [2.45, 2.75) is 71.0 Å². The van der Waals surface area contributed by atoms with Gasteiger partial charge in [0.1, 0.15) is 11.9 Å². The zero-order valence-electron chi connectivity index (χ0n) is 18.8. The highest BCUT2D eigenvalue weighted by atomic mass is 16.5. The molecule has 0 saturated heterocycles. The van der Waals surface area contributed by atoms with Gasteiger partial charge in [0.25, 0.3) is 0 Å². The summed E-state index contributed by atoms with van der Waals surface area (Å²) in [6.45, 7) is 6.09. The first-order valence-electron chi connectivity index (χ1n) is 10.8. The molecule has 168 valence electrons.